The van der Waals surface area contributed by atoms with Gasteiger partial charge < -0.3 is 10.6 Å². The van der Waals surface area contributed by atoms with E-state index in [1.54, 1.807) is 0 Å². The largest absolute Gasteiger partial charge is 0.333 e. The van der Waals surface area contributed by atoms with Gasteiger partial charge in [0.1, 0.15) is 0 Å². The summed E-state index contributed by atoms with van der Waals surface area (Å²) in [5, 5.41) is 4.37. The Kier molecular flexibility index (Phi) is 1.31. The van der Waals surface area contributed by atoms with Crippen molar-refractivity contribution in [3.8, 4) is 0 Å². The van der Waals surface area contributed by atoms with E-state index < -0.39 is 0 Å². The molecule has 0 aromatic rings. The maximum absolute atomic E-state index is 10.8. The summed E-state index contributed by atoms with van der Waals surface area (Å²) < 4.78 is 0. The van der Waals surface area contributed by atoms with Crippen LogP contribution in [0.15, 0.2) is 0 Å². The van der Waals surface area contributed by atoms with Crippen molar-refractivity contribution < 1.29 is 9.59 Å². The van der Waals surface area contributed by atoms with Crippen molar-refractivity contribution in [3.63, 3.8) is 0 Å². The number of carbonyl (C=O) groups excluding carboxylic acids is 2. The van der Waals surface area contributed by atoms with E-state index in [1.807, 2.05) is 0 Å². The number of fused-ring (bicyclic) bond motifs is 3. The molecule has 0 saturated carbocycles. The lowest BCUT2D eigenvalue weighted by atomic mass is 10.4. The third-order valence-electron chi connectivity index (χ3n) is 1.27. The van der Waals surface area contributed by atoms with E-state index in [0.29, 0.717) is 0 Å². The molecule has 10 heavy (non-hydrogen) atoms. The molecule has 3 heterocycles. The van der Waals surface area contributed by atoms with Crippen molar-refractivity contribution >= 4 is 33.4 Å². The van der Waals surface area contributed by atoms with E-state index in [1.165, 1.54) is 21.6 Å². The highest BCUT2D eigenvalue weighted by Crippen LogP contribution is 2.36. The Morgan fingerprint density at radius 1 is 1.00 bits per heavy atom. The second-order valence-electron chi connectivity index (χ2n) is 1.97. The van der Waals surface area contributed by atoms with E-state index in [2.05, 4.69) is 10.6 Å². The van der Waals surface area contributed by atoms with Gasteiger partial charge in [0, 0.05) is 0 Å². The topological polar surface area (TPSA) is 58.2 Å². The molecule has 3 aliphatic heterocycles. The molecule has 0 spiro atoms. The first kappa shape index (κ1) is 6.36. The van der Waals surface area contributed by atoms with Crippen LogP contribution in [0, 0.1) is 0 Å². The van der Waals surface area contributed by atoms with Crippen molar-refractivity contribution in [2.24, 2.45) is 0 Å². The number of rotatable bonds is 0. The monoisotopic (exact) mass is 176 g/mol. The van der Waals surface area contributed by atoms with E-state index >= 15 is 0 Å². The molecule has 0 aromatic heterocycles. The molecular weight excluding hydrogens is 172 g/mol. The molecule has 2 atom stereocenters. The smallest absolute Gasteiger partial charge is 0.255 e. The van der Waals surface area contributed by atoms with Gasteiger partial charge in [-0.2, -0.15) is 0 Å². The van der Waals surface area contributed by atoms with Crippen molar-refractivity contribution in [1.82, 2.24) is 10.6 Å². The average molecular weight is 176 g/mol. The number of carbonyl (C=O) groups is 2. The summed E-state index contributed by atoms with van der Waals surface area (Å²) in [4.78, 5) is 21.7. The summed E-state index contributed by atoms with van der Waals surface area (Å²) in [7, 11) is 2.80. The molecule has 0 unspecified atom stereocenters. The van der Waals surface area contributed by atoms with Crippen LogP contribution in [-0.2, 0) is 9.59 Å². The van der Waals surface area contributed by atoms with Gasteiger partial charge in [-0.1, -0.05) is 21.6 Å². The summed E-state index contributed by atoms with van der Waals surface area (Å²) in [5.41, 5.74) is 0. The first-order valence-corrected chi connectivity index (χ1v) is 4.98. The van der Waals surface area contributed by atoms with Gasteiger partial charge in [0.15, 0.2) is 10.7 Å². The van der Waals surface area contributed by atoms with Crippen LogP contribution >= 0.6 is 21.6 Å². The fourth-order valence-electron chi connectivity index (χ4n) is 0.788. The molecule has 3 aliphatic rings. The molecule has 4 nitrogen and oxygen atoms in total. The molecule has 3 rings (SSSR count). The van der Waals surface area contributed by atoms with Crippen LogP contribution in [0.1, 0.15) is 0 Å². The molecule has 0 aromatic carbocycles. The zero-order valence-corrected chi connectivity index (χ0v) is 6.42. The first-order valence-electron chi connectivity index (χ1n) is 2.70. The summed E-state index contributed by atoms with van der Waals surface area (Å²) in [5.74, 6) is -0.179. The Balaban J connectivity index is 2.23. The zero-order chi connectivity index (χ0) is 7.14. The van der Waals surface area contributed by atoms with Gasteiger partial charge in [-0.3, -0.25) is 9.59 Å². The minimum atomic E-state index is -0.373. The van der Waals surface area contributed by atoms with Crippen molar-refractivity contribution in [2.75, 3.05) is 0 Å². The molecule has 3 fully saturated rings. The summed E-state index contributed by atoms with van der Waals surface area (Å²) in [6, 6.07) is 0. The van der Waals surface area contributed by atoms with Crippen LogP contribution in [0.2, 0.25) is 0 Å². The number of piperazine rings is 1. The first-order chi connectivity index (χ1) is 4.77. The third-order valence-corrected chi connectivity index (χ3v) is 3.92. The Morgan fingerprint density at radius 3 is 1.60 bits per heavy atom. The molecule has 2 bridgehead atoms. The number of hydrogen-bond donors (Lipinski definition) is 2. The van der Waals surface area contributed by atoms with Gasteiger partial charge in [-0.25, -0.2) is 0 Å². The molecule has 2 amide bonds. The lowest BCUT2D eigenvalue weighted by Crippen LogP contribution is -2.61. The SMILES string of the molecule is O=C1N[C@@H]2SS[C@H]1NC2=O. The lowest BCUT2D eigenvalue weighted by Gasteiger charge is -2.33. The Hall–Kier alpha value is -0.360. The summed E-state index contributed by atoms with van der Waals surface area (Å²) >= 11 is 0. The van der Waals surface area contributed by atoms with Crippen LogP contribution in [-0.4, -0.2) is 22.6 Å². The Bertz CT molecular complexity index is 185. The highest BCUT2D eigenvalue weighted by molar-refractivity contribution is 8.77. The molecular formula is C4H4N2O2S2. The van der Waals surface area contributed by atoms with Crippen LogP contribution in [0.4, 0.5) is 0 Å². The number of hydrogen-bond acceptors (Lipinski definition) is 4. The van der Waals surface area contributed by atoms with E-state index in [-0.39, 0.29) is 22.6 Å². The molecule has 2 N–H and O–H groups in total. The second kappa shape index (κ2) is 2.06. The number of amides is 2. The second-order valence-corrected chi connectivity index (χ2v) is 4.45. The van der Waals surface area contributed by atoms with Crippen molar-refractivity contribution in [2.45, 2.75) is 10.7 Å². The predicted molar refractivity (Wildman–Crippen MR) is 39.0 cm³/mol. The van der Waals surface area contributed by atoms with Gasteiger partial charge in [0.25, 0.3) is 11.8 Å². The van der Waals surface area contributed by atoms with Crippen molar-refractivity contribution in [3.05, 3.63) is 0 Å². The van der Waals surface area contributed by atoms with Gasteiger partial charge in [-0.15, -0.1) is 0 Å². The number of nitrogens with one attached hydrogen (secondary N) is 2. The van der Waals surface area contributed by atoms with Gasteiger partial charge in [0.05, 0.1) is 0 Å². The Labute approximate surface area is 64.9 Å². The van der Waals surface area contributed by atoms with Crippen LogP contribution in [0.3, 0.4) is 0 Å². The van der Waals surface area contributed by atoms with Crippen LogP contribution in [0.25, 0.3) is 0 Å². The lowest BCUT2D eigenvalue weighted by molar-refractivity contribution is -0.132. The van der Waals surface area contributed by atoms with Gasteiger partial charge in [0.2, 0.25) is 0 Å². The van der Waals surface area contributed by atoms with E-state index in [0.717, 1.165) is 0 Å². The molecule has 0 radical (unpaired) electrons. The summed E-state index contributed by atoms with van der Waals surface area (Å²) in [6.07, 6.45) is 0. The fraction of sp³-hybridized carbons (Fsp3) is 0.500. The highest BCUT2D eigenvalue weighted by Gasteiger charge is 2.40. The van der Waals surface area contributed by atoms with Crippen LogP contribution < -0.4 is 10.6 Å². The quantitative estimate of drug-likeness (QED) is 0.478. The molecule has 3 saturated heterocycles. The predicted octanol–water partition coefficient (Wildman–Crippen LogP) is -0.720. The minimum Gasteiger partial charge on any atom is -0.333 e. The fourth-order valence-corrected chi connectivity index (χ4v) is 3.13. The average Bonchev–Trinajstić information content (AvgIpc) is 1.91. The third kappa shape index (κ3) is 0.791. The highest BCUT2D eigenvalue weighted by atomic mass is 33.1. The normalized spacial score (nSPS) is 37.2. The van der Waals surface area contributed by atoms with Gasteiger partial charge >= 0.3 is 0 Å². The maximum atomic E-state index is 10.8. The molecule has 0 aliphatic carbocycles. The summed E-state index contributed by atoms with van der Waals surface area (Å²) in [6.45, 7) is 0. The van der Waals surface area contributed by atoms with E-state index in [9.17, 15) is 9.59 Å². The zero-order valence-electron chi connectivity index (χ0n) is 4.79. The molecule has 6 heteroatoms. The van der Waals surface area contributed by atoms with Gasteiger partial charge in [-0.05, 0) is 0 Å². The standard InChI is InChI=1S/C4H4N2O2S2/c7-1-3-6-2(8)4(5-1)10-9-3/h3-4H,(H,5,7)(H,6,8)/t3-,4-/m1/s1. The van der Waals surface area contributed by atoms with Crippen molar-refractivity contribution in [1.29, 1.82) is 0 Å². The van der Waals surface area contributed by atoms with E-state index in [4.69, 9.17) is 0 Å². The minimum absolute atomic E-state index is 0.0895. The Morgan fingerprint density at radius 2 is 1.40 bits per heavy atom. The van der Waals surface area contributed by atoms with Crippen LogP contribution in [0.5, 0.6) is 0 Å². The maximum Gasteiger partial charge on any atom is 0.255 e. The molecule has 54 valence electrons.